The van der Waals surface area contributed by atoms with E-state index in [2.05, 4.69) is 10.2 Å². The summed E-state index contributed by atoms with van der Waals surface area (Å²) in [6.07, 6.45) is 2.50. The molecule has 2 N–H and O–H groups in total. The quantitative estimate of drug-likeness (QED) is 0.850. The molecule has 1 aromatic heterocycles. The third kappa shape index (κ3) is 4.07. The second-order valence-corrected chi connectivity index (χ2v) is 6.35. The van der Waals surface area contributed by atoms with Crippen LogP contribution in [0, 0.1) is 5.82 Å². The minimum absolute atomic E-state index is 0.00103. The van der Waals surface area contributed by atoms with Gasteiger partial charge in [0.2, 0.25) is 5.91 Å². The molecule has 1 unspecified atom stereocenters. The highest BCUT2D eigenvalue weighted by atomic mass is 19.1. The number of carbonyl (C=O) groups excluding carboxylic acids is 1. The van der Waals surface area contributed by atoms with Crippen molar-refractivity contribution >= 4 is 5.91 Å². The lowest BCUT2D eigenvalue weighted by atomic mass is 9.90. The summed E-state index contributed by atoms with van der Waals surface area (Å²) >= 11 is 0. The van der Waals surface area contributed by atoms with Gasteiger partial charge in [0.15, 0.2) is 0 Å². The van der Waals surface area contributed by atoms with Gasteiger partial charge in [-0.3, -0.25) is 4.79 Å². The molecule has 0 radical (unpaired) electrons. The fourth-order valence-corrected chi connectivity index (χ4v) is 3.32. The lowest BCUT2D eigenvalue weighted by Gasteiger charge is -2.33. The number of halogens is 1. The molecule has 1 aromatic carbocycles. The number of rotatable bonds is 5. The average molecular weight is 348 g/mol. The van der Waals surface area contributed by atoms with Crippen LogP contribution in [0.25, 0.3) is 0 Å². The third-order valence-electron chi connectivity index (χ3n) is 4.63. The maximum atomic E-state index is 13.4. The predicted octanol–water partition coefficient (Wildman–Crippen LogP) is 1.19. The van der Waals surface area contributed by atoms with Crippen molar-refractivity contribution in [2.24, 2.45) is 0 Å². The van der Waals surface area contributed by atoms with Crippen LogP contribution in [-0.4, -0.2) is 38.7 Å². The summed E-state index contributed by atoms with van der Waals surface area (Å²) in [5.74, 6) is -0.118. The van der Waals surface area contributed by atoms with Gasteiger partial charge in [-0.1, -0.05) is 12.1 Å². The number of carbonyl (C=O) groups is 1. The van der Waals surface area contributed by atoms with Crippen molar-refractivity contribution in [2.75, 3.05) is 13.1 Å². The molecule has 7 nitrogen and oxygen atoms in total. The lowest BCUT2D eigenvalue weighted by molar-refractivity contribution is -0.132. The summed E-state index contributed by atoms with van der Waals surface area (Å²) in [7, 11) is 0. The smallest absolute Gasteiger partial charge is 0.342 e. The van der Waals surface area contributed by atoms with Gasteiger partial charge < -0.3 is 4.90 Å². The van der Waals surface area contributed by atoms with Gasteiger partial charge in [0.05, 0.1) is 0 Å². The molecule has 0 aliphatic carbocycles. The highest BCUT2D eigenvalue weighted by molar-refractivity contribution is 5.76. The lowest BCUT2D eigenvalue weighted by Crippen LogP contribution is -2.39. The number of likely N-dealkylation sites (tertiary alicyclic amines) is 1. The molecule has 1 aliphatic heterocycles. The molecule has 1 amide bonds. The van der Waals surface area contributed by atoms with Crippen LogP contribution in [0.3, 0.4) is 0 Å². The van der Waals surface area contributed by atoms with E-state index in [4.69, 9.17) is 0 Å². The van der Waals surface area contributed by atoms with Crippen molar-refractivity contribution in [2.45, 2.75) is 38.1 Å². The zero-order chi connectivity index (χ0) is 17.8. The van der Waals surface area contributed by atoms with E-state index >= 15 is 0 Å². The van der Waals surface area contributed by atoms with E-state index in [0.717, 1.165) is 23.0 Å². The summed E-state index contributed by atoms with van der Waals surface area (Å²) < 4.78 is 14.4. The standard InChI is InChI=1S/C17H21FN4O3/c18-14-6-1-4-12(10-14)13-5-2-8-21(11-13)15(23)7-3-9-22-16(24)19-20-17(22)25/h1,4,6,10,13H,2-3,5,7-9,11H2,(H,19,24)(H,20,25). The van der Waals surface area contributed by atoms with Crippen LogP contribution in [0.4, 0.5) is 4.39 Å². The Kier molecular flexibility index (Phi) is 5.16. The van der Waals surface area contributed by atoms with Crippen LogP contribution in [-0.2, 0) is 11.3 Å². The van der Waals surface area contributed by atoms with Crippen molar-refractivity contribution in [1.82, 2.24) is 19.7 Å². The van der Waals surface area contributed by atoms with Crippen LogP contribution in [0.2, 0.25) is 0 Å². The first kappa shape index (κ1) is 17.2. The molecule has 0 bridgehead atoms. The van der Waals surface area contributed by atoms with Crippen molar-refractivity contribution < 1.29 is 9.18 Å². The highest BCUT2D eigenvalue weighted by Crippen LogP contribution is 2.27. The van der Waals surface area contributed by atoms with Crippen LogP contribution in [0.15, 0.2) is 33.9 Å². The fraction of sp³-hybridized carbons (Fsp3) is 0.471. The molecule has 1 aliphatic rings. The monoisotopic (exact) mass is 348 g/mol. The molecule has 2 aromatic rings. The van der Waals surface area contributed by atoms with Crippen LogP contribution < -0.4 is 11.4 Å². The fourth-order valence-electron chi connectivity index (χ4n) is 3.32. The van der Waals surface area contributed by atoms with Crippen molar-refractivity contribution in [1.29, 1.82) is 0 Å². The summed E-state index contributed by atoms with van der Waals surface area (Å²) in [6, 6.07) is 6.53. The molecular weight excluding hydrogens is 327 g/mol. The highest BCUT2D eigenvalue weighted by Gasteiger charge is 2.24. The molecule has 2 heterocycles. The van der Waals surface area contributed by atoms with Gasteiger partial charge in [-0.2, -0.15) is 0 Å². The number of benzene rings is 1. The molecule has 1 saturated heterocycles. The van der Waals surface area contributed by atoms with E-state index in [1.54, 1.807) is 11.0 Å². The van der Waals surface area contributed by atoms with Gasteiger partial charge in [-0.15, -0.1) is 0 Å². The Bertz CT molecular complexity index is 826. The summed E-state index contributed by atoms with van der Waals surface area (Å²) in [4.78, 5) is 37.0. The van der Waals surface area contributed by atoms with E-state index < -0.39 is 11.4 Å². The third-order valence-corrected chi connectivity index (χ3v) is 4.63. The van der Waals surface area contributed by atoms with Crippen molar-refractivity contribution in [3.8, 4) is 0 Å². The molecule has 1 atom stereocenters. The molecule has 3 rings (SSSR count). The number of hydrogen-bond donors (Lipinski definition) is 2. The van der Waals surface area contributed by atoms with Gasteiger partial charge >= 0.3 is 11.4 Å². The number of nitrogens with zero attached hydrogens (tertiary/aromatic N) is 2. The first-order chi connectivity index (χ1) is 12.0. The number of nitrogens with one attached hydrogen (secondary N) is 2. The van der Waals surface area contributed by atoms with Gasteiger partial charge in [0, 0.05) is 32.0 Å². The summed E-state index contributed by atoms with van der Waals surface area (Å²) in [5, 5.41) is 4.42. The summed E-state index contributed by atoms with van der Waals surface area (Å²) in [5.41, 5.74) is -0.0777. The number of piperidine rings is 1. The largest absolute Gasteiger partial charge is 0.344 e. The Morgan fingerprint density at radius 2 is 2.00 bits per heavy atom. The number of aromatic nitrogens is 3. The molecule has 134 valence electrons. The summed E-state index contributed by atoms with van der Waals surface area (Å²) in [6.45, 7) is 1.47. The molecule has 25 heavy (non-hydrogen) atoms. The topological polar surface area (TPSA) is 91.0 Å². The van der Waals surface area contributed by atoms with Gasteiger partial charge in [-0.25, -0.2) is 28.7 Å². The van der Waals surface area contributed by atoms with Crippen molar-refractivity contribution in [3.63, 3.8) is 0 Å². The van der Waals surface area contributed by atoms with Gasteiger partial charge in [0.25, 0.3) is 0 Å². The first-order valence-corrected chi connectivity index (χ1v) is 8.45. The van der Waals surface area contributed by atoms with Crippen molar-refractivity contribution in [3.05, 3.63) is 56.6 Å². The van der Waals surface area contributed by atoms with Crippen LogP contribution in [0.1, 0.15) is 37.2 Å². The van der Waals surface area contributed by atoms with Gasteiger partial charge in [-0.05, 0) is 37.0 Å². The van der Waals surface area contributed by atoms with E-state index in [-0.39, 0.29) is 30.6 Å². The Hall–Kier alpha value is -2.64. The maximum absolute atomic E-state index is 13.4. The number of hydrogen-bond acceptors (Lipinski definition) is 3. The zero-order valence-electron chi connectivity index (χ0n) is 13.8. The Balaban J connectivity index is 1.55. The molecule has 0 spiro atoms. The second kappa shape index (κ2) is 7.50. The van der Waals surface area contributed by atoms with E-state index in [1.165, 1.54) is 12.1 Å². The molecule has 8 heteroatoms. The molecule has 0 saturated carbocycles. The Morgan fingerprint density at radius 3 is 2.72 bits per heavy atom. The molecular formula is C17H21FN4O3. The zero-order valence-corrected chi connectivity index (χ0v) is 13.8. The average Bonchev–Trinajstić information content (AvgIpc) is 2.93. The van der Waals surface area contributed by atoms with E-state index in [1.807, 2.05) is 6.07 Å². The SMILES string of the molecule is O=C(CCCn1c(=O)[nH][nH]c1=O)N1CCCC(c2cccc(F)c2)C1. The van der Waals surface area contributed by atoms with Gasteiger partial charge in [0.1, 0.15) is 5.82 Å². The number of amides is 1. The molecule has 1 fully saturated rings. The maximum Gasteiger partial charge on any atom is 0.344 e. The number of aromatic amines is 2. The second-order valence-electron chi connectivity index (χ2n) is 6.35. The minimum atomic E-state index is -0.499. The Labute approximate surface area is 143 Å². The number of H-pyrrole nitrogens is 2. The predicted molar refractivity (Wildman–Crippen MR) is 89.9 cm³/mol. The Morgan fingerprint density at radius 1 is 1.24 bits per heavy atom. The normalized spacial score (nSPS) is 17.6. The van der Waals surface area contributed by atoms with E-state index in [0.29, 0.717) is 19.5 Å². The first-order valence-electron chi connectivity index (χ1n) is 8.45. The minimum Gasteiger partial charge on any atom is -0.342 e. The van der Waals surface area contributed by atoms with Crippen LogP contribution in [0.5, 0.6) is 0 Å². The van der Waals surface area contributed by atoms with E-state index in [9.17, 15) is 18.8 Å². The van der Waals surface area contributed by atoms with Crippen LogP contribution >= 0.6 is 0 Å².